The summed E-state index contributed by atoms with van der Waals surface area (Å²) in [6.07, 6.45) is -4.29. The number of benzene rings is 2. The van der Waals surface area contributed by atoms with Crippen LogP contribution in [0.2, 0.25) is 0 Å². The first-order chi connectivity index (χ1) is 20.8. The lowest BCUT2D eigenvalue weighted by atomic mass is 9.97. The lowest BCUT2D eigenvalue weighted by Gasteiger charge is -2.27. The van der Waals surface area contributed by atoms with E-state index in [1.807, 2.05) is 11.6 Å². The molecule has 0 bridgehead atoms. The molecule has 2 heterocycles. The zero-order chi connectivity index (χ0) is 32.1. The van der Waals surface area contributed by atoms with Gasteiger partial charge in [-0.1, -0.05) is 36.8 Å². The van der Waals surface area contributed by atoms with Crippen LogP contribution in [0.4, 0.5) is 13.2 Å². The predicted octanol–water partition coefficient (Wildman–Crippen LogP) is 4.10. The number of nitrogens with one attached hydrogen (secondary N) is 1. The van der Waals surface area contributed by atoms with Crippen molar-refractivity contribution in [1.82, 2.24) is 19.5 Å². The van der Waals surface area contributed by atoms with Crippen LogP contribution in [0.15, 0.2) is 64.8 Å². The van der Waals surface area contributed by atoms with Crippen molar-refractivity contribution in [3.05, 3.63) is 71.1 Å². The Labute approximate surface area is 250 Å². The number of amides is 1. The number of halogens is 3. The molecule has 1 aliphatic rings. The topological polar surface area (TPSA) is 158 Å². The smallest absolute Gasteiger partial charge is 0.435 e. The second kappa shape index (κ2) is 13.3. The van der Waals surface area contributed by atoms with E-state index < -0.39 is 46.5 Å². The van der Waals surface area contributed by atoms with Crippen LogP contribution < -0.4 is 4.72 Å². The third kappa shape index (κ3) is 7.83. The van der Waals surface area contributed by atoms with Crippen LogP contribution in [0.25, 0.3) is 16.9 Å². The summed E-state index contributed by atoms with van der Waals surface area (Å²) in [5.41, 5.74) is 0.616. The average molecular weight is 639 g/mol. The number of ether oxygens (including phenoxy) is 1. The van der Waals surface area contributed by atoms with E-state index >= 15 is 0 Å². The molecule has 44 heavy (non-hydrogen) atoms. The molecule has 1 fully saturated rings. The molecule has 0 spiro atoms. The Kier molecular flexibility index (Phi) is 9.76. The quantitative estimate of drug-likeness (QED) is 0.0862. The first-order valence-corrected chi connectivity index (χ1v) is 14.9. The number of hydrazine groups is 1. The fourth-order valence-electron chi connectivity index (χ4n) is 4.31. The number of alkyl halides is 3. The molecule has 1 aromatic heterocycles. The van der Waals surface area contributed by atoms with Gasteiger partial charge in [-0.3, -0.25) is 9.59 Å². The molecule has 0 saturated carbocycles. The molecule has 0 aliphatic carbocycles. The van der Waals surface area contributed by atoms with E-state index in [1.165, 1.54) is 17.1 Å². The monoisotopic (exact) mass is 638 g/mol. The van der Waals surface area contributed by atoms with Crippen LogP contribution >= 0.6 is 0 Å². The number of hydrogen-bond donors (Lipinski definition) is 1. The number of sulfonamides is 1. The van der Waals surface area contributed by atoms with Crippen molar-refractivity contribution < 1.29 is 45.7 Å². The summed E-state index contributed by atoms with van der Waals surface area (Å²) in [6, 6.07) is 12.6. The molecule has 17 heteroatoms. The zero-order valence-corrected chi connectivity index (χ0v) is 24.5. The average Bonchev–Trinajstić information content (AvgIpc) is 3.46. The number of hydrogen-bond acceptors (Lipinski definition) is 9. The maximum Gasteiger partial charge on any atom is 0.435 e. The van der Waals surface area contributed by atoms with Crippen LogP contribution in [-0.2, 0) is 35.4 Å². The maximum absolute atomic E-state index is 13.5. The van der Waals surface area contributed by atoms with E-state index in [1.54, 1.807) is 31.2 Å². The van der Waals surface area contributed by atoms with E-state index in [-0.39, 0.29) is 53.6 Å². The van der Waals surface area contributed by atoms with E-state index in [9.17, 15) is 36.4 Å². The van der Waals surface area contributed by atoms with Gasteiger partial charge < -0.3 is 14.8 Å². The fraction of sp³-hybridized carbons (Fsp3) is 0.370. The van der Waals surface area contributed by atoms with Crippen molar-refractivity contribution in [2.45, 2.75) is 44.2 Å². The molecule has 0 radical (unpaired) electrons. The highest BCUT2D eigenvalue weighted by Crippen LogP contribution is 2.33. The van der Waals surface area contributed by atoms with Crippen molar-refractivity contribution >= 4 is 21.9 Å². The minimum atomic E-state index is -4.70. The standard InChI is InChI=1S/C27H29F3N6O7S/c1-3-25(37)42-17-43-33-36(39)34-14-12-20(13-15-34)26(38)32-44(40,41)22-10-8-21(9-11-22)35-23(16-24(31-35)27(28,29)30)19-6-4-18(2)5-7-19/h4-11,16,20H,3,12-15,17H2,1-2H3,(H,32,38)/b36-33+. The molecule has 4 rings (SSSR count). The van der Waals surface area contributed by atoms with Gasteiger partial charge in [-0.15, -0.1) is 5.01 Å². The van der Waals surface area contributed by atoms with Crippen molar-refractivity contribution in [3.8, 4) is 16.9 Å². The number of rotatable bonds is 10. The maximum atomic E-state index is 13.5. The van der Waals surface area contributed by atoms with Crippen molar-refractivity contribution in [2.24, 2.45) is 11.2 Å². The molecule has 1 aliphatic heterocycles. The van der Waals surface area contributed by atoms with Gasteiger partial charge in [0.05, 0.1) is 34.3 Å². The summed E-state index contributed by atoms with van der Waals surface area (Å²) >= 11 is 0. The van der Waals surface area contributed by atoms with Gasteiger partial charge in [0.2, 0.25) is 11.2 Å². The number of aryl methyl sites for hydroxylation is 1. The van der Waals surface area contributed by atoms with Gasteiger partial charge >= 0.3 is 12.1 Å². The summed E-state index contributed by atoms with van der Waals surface area (Å²) in [5, 5.41) is 20.2. The highest BCUT2D eigenvalue weighted by atomic mass is 32.2. The van der Waals surface area contributed by atoms with Gasteiger partial charge in [-0.25, -0.2) is 17.8 Å². The minimum absolute atomic E-state index is 0.0744. The van der Waals surface area contributed by atoms with E-state index in [0.29, 0.717) is 5.56 Å². The largest absolute Gasteiger partial charge is 0.569 e. The lowest BCUT2D eigenvalue weighted by molar-refractivity contribution is -0.713. The molecule has 13 nitrogen and oxygen atoms in total. The molecular weight excluding hydrogens is 609 g/mol. The molecular formula is C27H29F3N6O7S. The number of aromatic nitrogens is 2. The van der Waals surface area contributed by atoms with Crippen LogP contribution in [0.1, 0.15) is 37.4 Å². The Bertz CT molecular complexity index is 1620. The van der Waals surface area contributed by atoms with Crippen LogP contribution in [0.3, 0.4) is 0 Å². The zero-order valence-electron chi connectivity index (χ0n) is 23.7. The van der Waals surface area contributed by atoms with Gasteiger partial charge in [0.25, 0.3) is 16.8 Å². The summed E-state index contributed by atoms with van der Waals surface area (Å²) in [5.74, 6) is -2.02. The van der Waals surface area contributed by atoms with Gasteiger partial charge in [0.1, 0.15) is 0 Å². The number of nitrogens with zero attached hydrogens (tertiary/aromatic N) is 5. The molecule has 1 amide bonds. The minimum Gasteiger partial charge on any atom is -0.569 e. The van der Waals surface area contributed by atoms with Crippen molar-refractivity contribution in [2.75, 3.05) is 19.9 Å². The third-order valence-electron chi connectivity index (χ3n) is 6.75. The van der Waals surface area contributed by atoms with Gasteiger partial charge in [-0.2, -0.15) is 18.3 Å². The molecule has 0 atom stereocenters. The third-order valence-corrected chi connectivity index (χ3v) is 8.11. The predicted molar refractivity (Wildman–Crippen MR) is 147 cm³/mol. The van der Waals surface area contributed by atoms with Gasteiger partial charge in [0, 0.05) is 17.9 Å². The molecule has 2 aromatic carbocycles. The fourth-order valence-corrected chi connectivity index (χ4v) is 5.35. The van der Waals surface area contributed by atoms with Gasteiger partial charge in [-0.05, 0) is 50.1 Å². The van der Waals surface area contributed by atoms with E-state index in [0.717, 1.165) is 28.4 Å². The first kappa shape index (κ1) is 32.2. The summed E-state index contributed by atoms with van der Waals surface area (Å²) in [6.45, 7) is 3.04. The van der Waals surface area contributed by atoms with Crippen LogP contribution in [-0.4, -0.2) is 59.9 Å². The number of piperidine rings is 1. The number of carbonyl (C=O) groups excluding carboxylic acids is 2. The molecule has 236 valence electrons. The number of carbonyl (C=O) groups is 2. The van der Waals surface area contributed by atoms with Gasteiger partial charge in [0.15, 0.2) is 5.69 Å². The SMILES string of the molecule is CCC(=O)OCO/N=[N+](/[O-])N1CCC(C(=O)NS(=O)(=O)c2ccc(-n3nc(C(F)(F)F)cc3-c3ccc(C)cc3)cc2)CC1. The number of esters is 1. The normalized spacial score (nSPS) is 14.8. The second-order valence-corrected chi connectivity index (χ2v) is 11.5. The van der Waals surface area contributed by atoms with Crippen molar-refractivity contribution in [1.29, 1.82) is 0 Å². The summed E-state index contributed by atoms with van der Waals surface area (Å²) in [7, 11) is -4.32. The second-order valence-electron chi connectivity index (χ2n) is 9.83. The Morgan fingerprint density at radius 3 is 2.34 bits per heavy atom. The highest BCUT2D eigenvalue weighted by Gasteiger charge is 2.35. The summed E-state index contributed by atoms with van der Waals surface area (Å²) < 4.78 is 74.1. The Morgan fingerprint density at radius 2 is 1.75 bits per heavy atom. The first-order valence-electron chi connectivity index (χ1n) is 13.4. The highest BCUT2D eigenvalue weighted by molar-refractivity contribution is 7.90. The van der Waals surface area contributed by atoms with E-state index in [2.05, 4.69) is 20.0 Å². The Balaban J connectivity index is 1.41. The summed E-state index contributed by atoms with van der Waals surface area (Å²) in [4.78, 5) is 28.3. The van der Waals surface area contributed by atoms with Crippen LogP contribution in [0, 0.1) is 18.0 Å². The Hall–Kier alpha value is -4.67. The lowest BCUT2D eigenvalue weighted by Crippen LogP contribution is -2.44. The molecule has 1 saturated heterocycles. The Morgan fingerprint density at radius 1 is 1.11 bits per heavy atom. The molecule has 3 aromatic rings. The molecule has 0 unspecified atom stereocenters. The van der Waals surface area contributed by atoms with Crippen molar-refractivity contribution in [3.63, 3.8) is 0 Å². The van der Waals surface area contributed by atoms with E-state index in [4.69, 9.17) is 0 Å². The molecule has 1 N–H and O–H groups in total. The van der Waals surface area contributed by atoms with Crippen LogP contribution in [0.5, 0.6) is 0 Å².